The lowest BCUT2D eigenvalue weighted by Crippen LogP contribution is -2.22. The highest BCUT2D eigenvalue weighted by Crippen LogP contribution is 2.54. The molecule has 0 saturated heterocycles. The summed E-state index contributed by atoms with van der Waals surface area (Å²) in [5.41, 5.74) is 2.10. The molecule has 6 rings (SSSR count). The van der Waals surface area contributed by atoms with Crippen molar-refractivity contribution in [2.24, 2.45) is 0 Å². The molecule has 2 heterocycles. The smallest absolute Gasteiger partial charge is 0.272 e. The van der Waals surface area contributed by atoms with Gasteiger partial charge in [-0.1, -0.05) is 24.3 Å². The number of hydrogen-bond donors (Lipinski definition) is 0. The molecule has 0 fully saturated rings. The van der Waals surface area contributed by atoms with Crippen LogP contribution in [0.25, 0.3) is 11.1 Å². The van der Waals surface area contributed by atoms with Crippen LogP contribution >= 0.6 is 23.9 Å². The summed E-state index contributed by atoms with van der Waals surface area (Å²) in [4.78, 5) is 53.5. The Morgan fingerprint density at radius 3 is 1.05 bits per heavy atom. The first-order valence-electron chi connectivity index (χ1n) is 13.2. The Hall–Kier alpha value is -4.94. The van der Waals surface area contributed by atoms with Crippen LogP contribution in [0.1, 0.15) is 41.4 Å². The zero-order valence-corrected chi connectivity index (χ0v) is 25.5. The van der Waals surface area contributed by atoms with E-state index in [0.29, 0.717) is 54.7 Å². The summed E-state index contributed by atoms with van der Waals surface area (Å²) in [5, 5.41) is 0. The standard InChI is InChI=1S/C32H24N2O8S2/c1-39-21-13-15-23(43-33-29(35)17-9-5-6-10-18(17)30(33)36)27(41-3)25(21)26-22(40-2)14-16-24(28(26)42-4)44-34-31(37)19-11-7-8-12-20(19)32(34)38/h5-16H,1-4H3. The zero-order valence-electron chi connectivity index (χ0n) is 23.9. The average molecular weight is 629 g/mol. The predicted octanol–water partition coefficient (Wildman–Crippen LogP) is 5.99. The van der Waals surface area contributed by atoms with E-state index >= 15 is 0 Å². The molecule has 0 spiro atoms. The quantitative estimate of drug-likeness (QED) is 0.162. The Labute approximate surface area is 261 Å². The van der Waals surface area contributed by atoms with Crippen LogP contribution in [-0.2, 0) is 0 Å². The SMILES string of the molecule is COc1ccc(SN2C(=O)c3ccccc3C2=O)c(OC)c1-c1c(OC)ccc(SN2C(=O)c3ccccc3C2=O)c1OC. The van der Waals surface area contributed by atoms with Crippen molar-refractivity contribution < 1.29 is 38.1 Å². The molecule has 0 saturated carbocycles. The second kappa shape index (κ2) is 11.6. The van der Waals surface area contributed by atoms with Crippen molar-refractivity contribution in [3.63, 3.8) is 0 Å². The van der Waals surface area contributed by atoms with E-state index in [-0.39, 0.29) is 11.5 Å². The van der Waals surface area contributed by atoms with Crippen molar-refractivity contribution in [2.45, 2.75) is 9.79 Å². The maximum Gasteiger partial charge on any atom is 0.272 e. The molecule has 2 aliphatic heterocycles. The van der Waals surface area contributed by atoms with Crippen LogP contribution in [-0.4, -0.2) is 60.7 Å². The van der Waals surface area contributed by atoms with Crippen molar-refractivity contribution in [1.29, 1.82) is 0 Å². The molecule has 12 heteroatoms. The maximum absolute atomic E-state index is 13.2. The van der Waals surface area contributed by atoms with Crippen molar-refractivity contribution >= 4 is 47.5 Å². The fraction of sp³-hybridized carbons (Fsp3) is 0.125. The van der Waals surface area contributed by atoms with E-state index in [2.05, 4.69) is 0 Å². The van der Waals surface area contributed by atoms with E-state index in [4.69, 9.17) is 18.9 Å². The minimum absolute atomic E-state index is 0.283. The van der Waals surface area contributed by atoms with E-state index < -0.39 is 23.6 Å². The van der Waals surface area contributed by atoms with E-state index in [0.717, 1.165) is 32.5 Å². The fourth-order valence-corrected chi connectivity index (χ4v) is 7.06. The zero-order chi connectivity index (χ0) is 31.1. The van der Waals surface area contributed by atoms with Crippen LogP contribution in [0, 0.1) is 0 Å². The van der Waals surface area contributed by atoms with Crippen LogP contribution in [0.4, 0.5) is 0 Å². The van der Waals surface area contributed by atoms with Gasteiger partial charge in [-0.05, 0) is 48.5 Å². The van der Waals surface area contributed by atoms with Crippen molar-refractivity contribution in [1.82, 2.24) is 8.61 Å². The number of amides is 4. The number of hydrogen-bond acceptors (Lipinski definition) is 10. The van der Waals surface area contributed by atoms with Gasteiger partial charge in [0.25, 0.3) is 23.6 Å². The molecule has 10 nitrogen and oxygen atoms in total. The maximum atomic E-state index is 13.2. The third-order valence-electron chi connectivity index (χ3n) is 7.16. The number of methoxy groups -OCH3 is 4. The van der Waals surface area contributed by atoms with Crippen LogP contribution in [0.2, 0.25) is 0 Å². The topological polar surface area (TPSA) is 112 Å². The van der Waals surface area contributed by atoms with Gasteiger partial charge in [-0.25, -0.2) is 8.61 Å². The highest BCUT2D eigenvalue weighted by molar-refractivity contribution is 7.98. The van der Waals surface area contributed by atoms with Gasteiger partial charge >= 0.3 is 0 Å². The summed E-state index contributed by atoms with van der Waals surface area (Å²) in [7, 11) is 5.90. The molecule has 0 unspecified atom stereocenters. The Kier molecular flexibility index (Phi) is 7.70. The first-order chi connectivity index (χ1) is 21.3. The van der Waals surface area contributed by atoms with Gasteiger partial charge < -0.3 is 18.9 Å². The Balaban J connectivity index is 1.46. The normalized spacial score (nSPS) is 13.7. The number of carbonyl (C=O) groups is 4. The van der Waals surface area contributed by atoms with Gasteiger partial charge in [0.15, 0.2) is 0 Å². The number of benzene rings is 4. The predicted molar refractivity (Wildman–Crippen MR) is 164 cm³/mol. The summed E-state index contributed by atoms with van der Waals surface area (Å²) in [6.07, 6.45) is 0. The molecule has 0 radical (unpaired) electrons. The van der Waals surface area contributed by atoms with Crippen LogP contribution in [0.3, 0.4) is 0 Å². The first kappa shape index (κ1) is 29.1. The summed E-state index contributed by atoms with van der Waals surface area (Å²) in [5.74, 6) is -0.431. The number of carbonyl (C=O) groups excluding carboxylic acids is 4. The lowest BCUT2D eigenvalue weighted by molar-refractivity contribution is 0.0760. The highest BCUT2D eigenvalue weighted by Gasteiger charge is 2.39. The van der Waals surface area contributed by atoms with E-state index in [9.17, 15) is 19.2 Å². The molecule has 0 atom stereocenters. The van der Waals surface area contributed by atoms with Gasteiger partial charge in [-0.2, -0.15) is 0 Å². The molecular formula is C32H24N2O8S2. The molecule has 2 aliphatic rings. The number of imide groups is 2. The monoisotopic (exact) mass is 628 g/mol. The van der Waals surface area contributed by atoms with E-state index in [1.54, 1.807) is 72.8 Å². The summed E-state index contributed by atoms with van der Waals surface area (Å²) in [6, 6.07) is 20.0. The van der Waals surface area contributed by atoms with Gasteiger partial charge in [0.2, 0.25) is 0 Å². The lowest BCUT2D eigenvalue weighted by Gasteiger charge is -2.23. The molecule has 0 aliphatic carbocycles. The Morgan fingerprint density at radius 2 is 0.773 bits per heavy atom. The largest absolute Gasteiger partial charge is 0.496 e. The first-order valence-corrected chi connectivity index (χ1v) is 14.7. The average Bonchev–Trinajstić information content (AvgIpc) is 3.44. The van der Waals surface area contributed by atoms with Crippen LogP contribution in [0.5, 0.6) is 23.0 Å². The summed E-state index contributed by atoms with van der Waals surface area (Å²) in [6.45, 7) is 0. The third kappa shape index (κ3) is 4.54. The second-order valence-electron chi connectivity index (χ2n) is 9.43. The van der Waals surface area contributed by atoms with Gasteiger partial charge in [-0.3, -0.25) is 19.2 Å². The molecule has 222 valence electrons. The molecule has 4 aromatic rings. The van der Waals surface area contributed by atoms with Gasteiger partial charge in [0.05, 0.1) is 71.6 Å². The Morgan fingerprint density at radius 1 is 0.455 bits per heavy atom. The number of nitrogens with zero attached hydrogens (tertiary/aromatic N) is 2. The van der Waals surface area contributed by atoms with Gasteiger partial charge in [0, 0.05) is 23.9 Å². The third-order valence-corrected chi connectivity index (χ3v) is 9.22. The number of ether oxygens (including phenoxy) is 4. The van der Waals surface area contributed by atoms with E-state index in [1.165, 1.54) is 28.4 Å². The minimum Gasteiger partial charge on any atom is -0.496 e. The lowest BCUT2D eigenvalue weighted by atomic mass is 10.0. The molecule has 0 N–H and O–H groups in total. The minimum atomic E-state index is -0.440. The summed E-state index contributed by atoms with van der Waals surface area (Å²) >= 11 is 1.85. The number of fused-ring (bicyclic) bond motifs is 2. The summed E-state index contributed by atoms with van der Waals surface area (Å²) < 4.78 is 25.4. The molecule has 0 bridgehead atoms. The van der Waals surface area contributed by atoms with Crippen molar-refractivity contribution in [3.05, 3.63) is 95.1 Å². The number of rotatable bonds is 9. The molecule has 44 heavy (non-hydrogen) atoms. The van der Waals surface area contributed by atoms with E-state index in [1.807, 2.05) is 0 Å². The molecular weight excluding hydrogens is 604 g/mol. The molecule has 4 amide bonds. The van der Waals surface area contributed by atoms with Crippen LogP contribution < -0.4 is 18.9 Å². The van der Waals surface area contributed by atoms with Crippen LogP contribution in [0.15, 0.2) is 82.6 Å². The Bertz CT molecular complexity index is 1670. The fourth-order valence-electron chi connectivity index (χ4n) is 5.15. The second-order valence-corrected chi connectivity index (χ2v) is 11.4. The van der Waals surface area contributed by atoms with Gasteiger partial charge in [-0.15, -0.1) is 0 Å². The van der Waals surface area contributed by atoms with Crippen molar-refractivity contribution in [2.75, 3.05) is 28.4 Å². The van der Waals surface area contributed by atoms with Crippen molar-refractivity contribution in [3.8, 4) is 34.1 Å². The highest BCUT2D eigenvalue weighted by atomic mass is 32.2. The van der Waals surface area contributed by atoms with Gasteiger partial charge in [0.1, 0.15) is 23.0 Å². The molecule has 4 aromatic carbocycles. The molecule has 0 aromatic heterocycles.